The lowest BCUT2D eigenvalue weighted by atomic mass is 10.3. The van der Waals surface area contributed by atoms with E-state index in [1.54, 1.807) is 0 Å². The van der Waals surface area contributed by atoms with E-state index in [0.29, 0.717) is 11.5 Å². The number of thioether (sulfide) groups is 1. The third-order valence-electron chi connectivity index (χ3n) is 2.00. The second-order valence-electron chi connectivity index (χ2n) is 3.62. The lowest BCUT2D eigenvalue weighted by Crippen LogP contribution is -2.41. The number of carbonyl (C=O) groups is 2. The minimum atomic E-state index is -1.02. The smallest absolute Gasteiger partial charge is 0.327 e. The van der Waals surface area contributed by atoms with Crippen LogP contribution in [0, 0.1) is 6.92 Å². The van der Waals surface area contributed by atoms with Crippen molar-refractivity contribution in [2.24, 2.45) is 0 Å². The van der Waals surface area contributed by atoms with Crippen LogP contribution in [0.15, 0.2) is 16.5 Å². The maximum Gasteiger partial charge on any atom is 0.327 e. The van der Waals surface area contributed by atoms with Crippen LogP contribution in [-0.2, 0) is 15.3 Å². The largest absolute Gasteiger partial charge is 0.480 e. The molecule has 0 aromatic carbocycles. The fourth-order valence-electron chi connectivity index (χ4n) is 1.26. The first-order valence-electron chi connectivity index (χ1n) is 5.12. The molecule has 17 heavy (non-hydrogen) atoms. The van der Waals surface area contributed by atoms with Gasteiger partial charge >= 0.3 is 5.97 Å². The van der Waals surface area contributed by atoms with Crippen molar-refractivity contribution >= 4 is 23.6 Å². The van der Waals surface area contributed by atoms with Gasteiger partial charge in [0.2, 0.25) is 5.91 Å². The van der Waals surface area contributed by atoms with Crippen LogP contribution in [0.25, 0.3) is 0 Å². The molecule has 0 saturated carbocycles. The first-order valence-corrected chi connectivity index (χ1v) is 6.27. The van der Waals surface area contributed by atoms with Crippen molar-refractivity contribution in [1.82, 2.24) is 5.32 Å². The fourth-order valence-corrected chi connectivity index (χ4v) is 2.20. The summed E-state index contributed by atoms with van der Waals surface area (Å²) < 4.78 is 5.35. The summed E-state index contributed by atoms with van der Waals surface area (Å²) in [7, 11) is 0. The molecule has 0 bridgehead atoms. The molecule has 94 valence electrons. The highest BCUT2D eigenvalue weighted by atomic mass is 32.2. The SMILES string of the molecule is CC(=O)NC(CSCc1ccc(C)o1)C(=O)O. The number of aryl methyl sites for hydroxylation is 1. The zero-order valence-corrected chi connectivity index (χ0v) is 10.5. The third-order valence-corrected chi connectivity index (χ3v) is 3.06. The summed E-state index contributed by atoms with van der Waals surface area (Å²) in [5, 5.41) is 11.3. The first-order chi connectivity index (χ1) is 7.99. The molecule has 1 atom stereocenters. The van der Waals surface area contributed by atoms with E-state index in [4.69, 9.17) is 9.52 Å². The van der Waals surface area contributed by atoms with Crippen LogP contribution in [0.1, 0.15) is 18.4 Å². The fraction of sp³-hybridized carbons (Fsp3) is 0.455. The van der Waals surface area contributed by atoms with Crippen LogP contribution >= 0.6 is 11.8 Å². The summed E-state index contributed by atoms with van der Waals surface area (Å²) in [5.74, 6) is 1.18. The van der Waals surface area contributed by atoms with Crippen molar-refractivity contribution < 1.29 is 19.1 Å². The third kappa shape index (κ3) is 4.95. The summed E-state index contributed by atoms with van der Waals surface area (Å²) >= 11 is 1.41. The van der Waals surface area contributed by atoms with E-state index >= 15 is 0 Å². The summed E-state index contributed by atoms with van der Waals surface area (Å²) in [6.45, 7) is 3.15. The van der Waals surface area contributed by atoms with E-state index in [9.17, 15) is 9.59 Å². The number of carboxylic acids is 1. The van der Waals surface area contributed by atoms with Crippen molar-refractivity contribution in [3.8, 4) is 0 Å². The Bertz CT molecular complexity index is 402. The second kappa shape index (κ2) is 6.34. The molecule has 2 N–H and O–H groups in total. The molecule has 0 saturated heterocycles. The average Bonchev–Trinajstić information content (AvgIpc) is 2.62. The zero-order chi connectivity index (χ0) is 12.8. The second-order valence-corrected chi connectivity index (χ2v) is 4.65. The van der Waals surface area contributed by atoms with Crippen molar-refractivity contribution in [3.63, 3.8) is 0 Å². The minimum absolute atomic E-state index is 0.314. The van der Waals surface area contributed by atoms with Gasteiger partial charge in [-0.1, -0.05) is 0 Å². The Morgan fingerprint density at radius 2 is 2.24 bits per heavy atom. The molecule has 0 spiro atoms. The van der Waals surface area contributed by atoms with E-state index in [-0.39, 0.29) is 5.91 Å². The number of carbonyl (C=O) groups excluding carboxylic acids is 1. The summed E-state index contributed by atoms with van der Waals surface area (Å²) in [5.41, 5.74) is 0. The van der Waals surface area contributed by atoms with Gasteiger partial charge in [0.15, 0.2) is 0 Å². The summed E-state index contributed by atoms with van der Waals surface area (Å²) in [6.07, 6.45) is 0. The highest BCUT2D eigenvalue weighted by Crippen LogP contribution is 2.15. The Labute approximate surface area is 104 Å². The molecule has 0 aliphatic carbocycles. The zero-order valence-electron chi connectivity index (χ0n) is 9.73. The van der Waals surface area contributed by atoms with Crippen molar-refractivity contribution in [2.45, 2.75) is 25.6 Å². The van der Waals surface area contributed by atoms with Gasteiger partial charge in [-0.3, -0.25) is 4.79 Å². The molecule has 5 nitrogen and oxygen atoms in total. The Morgan fingerprint density at radius 3 is 2.71 bits per heavy atom. The van der Waals surface area contributed by atoms with Gasteiger partial charge in [-0.15, -0.1) is 0 Å². The maximum atomic E-state index is 10.8. The van der Waals surface area contributed by atoms with Crippen LogP contribution in [-0.4, -0.2) is 28.8 Å². The van der Waals surface area contributed by atoms with Gasteiger partial charge in [-0.2, -0.15) is 11.8 Å². The van der Waals surface area contributed by atoms with E-state index in [1.165, 1.54) is 18.7 Å². The van der Waals surface area contributed by atoms with Gasteiger partial charge in [0.05, 0.1) is 5.75 Å². The first kappa shape index (κ1) is 13.6. The standard InChI is InChI=1S/C11H15NO4S/c1-7-3-4-9(16-7)5-17-6-10(11(14)15)12-8(2)13/h3-4,10H,5-6H2,1-2H3,(H,12,13)(H,14,15). The van der Waals surface area contributed by atoms with Crippen molar-refractivity contribution in [1.29, 1.82) is 0 Å². The predicted octanol–water partition coefficient (Wildman–Crippen LogP) is 1.41. The van der Waals surface area contributed by atoms with Crippen LogP contribution in [0.2, 0.25) is 0 Å². The Hall–Kier alpha value is -1.43. The molecule has 6 heteroatoms. The van der Waals surface area contributed by atoms with Crippen molar-refractivity contribution in [3.05, 3.63) is 23.7 Å². The molecule has 1 aromatic rings. The number of amides is 1. The highest BCUT2D eigenvalue weighted by molar-refractivity contribution is 7.98. The number of hydrogen-bond acceptors (Lipinski definition) is 4. The van der Waals surface area contributed by atoms with Crippen LogP contribution in [0.5, 0.6) is 0 Å². The number of hydrogen-bond donors (Lipinski definition) is 2. The molecule has 1 rings (SSSR count). The topological polar surface area (TPSA) is 79.5 Å². The van der Waals surface area contributed by atoms with E-state index < -0.39 is 12.0 Å². The Kier molecular flexibility index (Phi) is 5.09. The summed E-state index contributed by atoms with van der Waals surface area (Å²) in [4.78, 5) is 21.6. The molecule has 0 aliphatic heterocycles. The van der Waals surface area contributed by atoms with Gasteiger partial charge in [0.1, 0.15) is 17.6 Å². The monoisotopic (exact) mass is 257 g/mol. The van der Waals surface area contributed by atoms with Gasteiger partial charge < -0.3 is 14.8 Å². The Balaban J connectivity index is 2.37. The van der Waals surface area contributed by atoms with Gasteiger partial charge in [0.25, 0.3) is 0 Å². The molecular formula is C11H15NO4S. The van der Waals surface area contributed by atoms with Gasteiger partial charge in [0, 0.05) is 12.7 Å². The highest BCUT2D eigenvalue weighted by Gasteiger charge is 2.18. The van der Waals surface area contributed by atoms with Crippen molar-refractivity contribution in [2.75, 3.05) is 5.75 Å². The van der Waals surface area contributed by atoms with Gasteiger partial charge in [-0.05, 0) is 19.1 Å². The van der Waals surface area contributed by atoms with E-state index in [0.717, 1.165) is 11.5 Å². The number of nitrogens with one attached hydrogen (secondary N) is 1. The van der Waals surface area contributed by atoms with Gasteiger partial charge in [-0.25, -0.2) is 4.79 Å². The average molecular weight is 257 g/mol. The van der Waals surface area contributed by atoms with E-state index in [1.807, 2.05) is 19.1 Å². The normalized spacial score (nSPS) is 12.1. The van der Waals surface area contributed by atoms with Crippen LogP contribution in [0.4, 0.5) is 0 Å². The molecule has 1 amide bonds. The molecule has 0 radical (unpaired) electrons. The number of rotatable bonds is 6. The van der Waals surface area contributed by atoms with Crippen LogP contribution < -0.4 is 5.32 Å². The molecule has 1 unspecified atom stereocenters. The van der Waals surface area contributed by atoms with E-state index in [2.05, 4.69) is 5.32 Å². The minimum Gasteiger partial charge on any atom is -0.480 e. The molecule has 0 aliphatic rings. The maximum absolute atomic E-state index is 10.8. The molecule has 1 heterocycles. The quantitative estimate of drug-likeness (QED) is 0.805. The Morgan fingerprint density at radius 1 is 1.53 bits per heavy atom. The number of aliphatic carboxylic acids is 1. The number of furan rings is 1. The molecule has 0 fully saturated rings. The number of carboxylic acid groups (broad SMARTS) is 1. The van der Waals surface area contributed by atoms with Crippen LogP contribution in [0.3, 0.4) is 0 Å². The lowest BCUT2D eigenvalue weighted by Gasteiger charge is -2.11. The summed E-state index contributed by atoms with van der Waals surface area (Å²) in [6, 6.07) is 2.86. The predicted molar refractivity (Wildman–Crippen MR) is 64.8 cm³/mol. The molecule has 1 aromatic heterocycles. The molecular weight excluding hydrogens is 242 g/mol. The lowest BCUT2D eigenvalue weighted by molar-refractivity contribution is -0.140.